The van der Waals surface area contributed by atoms with Crippen molar-refractivity contribution in [2.75, 3.05) is 6.54 Å². The van der Waals surface area contributed by atoms with Crippen LogP contribution >= 0.6 is 0 Å². The fourth-order valence-corrected chi connectivity index (χ4v) is 2.42. The first-order chi connectivity index (χ1) is 8.13. The summed E-state index contributed by atoms with van der Waals surface area (Å²) in [7, 11) is 0. The topological polar surface area (TPSA) is 49.4 Å². The molecule has 2 atom stereocenters. The van der Waals surface area contributed by atoms with Crippen LogP contribution in [0.3, 0.4) is 0 Å². The highest BCUT2D eigenvalue weighted by Gasteiger charge is 2.36. The lowest BCUT2D eigenvalue weighted by molar-refractivity contribution is -0.148. The Morgan fingerprint density at radius 3 is 2.65 bits per heavy atom. The molecule has 4 nitrogen and oxygen atoms in total. The van der Waals surface area contributed by atoms with Gasteiger partial charge < -0.3 is 10.2 Å². The van der Waals surface area contributed by atoms with E-state index in [0.717, 1.165) is 18.9 Å². The zero-order valence-electron chi connectivity index (χ0n) is 10.7. The molecule has 4 heteroatoms. The molecular formula is C13H22N2O2. The summed E-state index contributed by atoms with van der Waals surface area (Å²) in [5.41, 5.74) is 0. The fraction of sp³-hybridized carbons (Fsp3) is 0.846. The Labute approximate surface area is 103 Å². The Balaban J connectivity index is 1.90. The Bertz CT molecular complexity index is 313. The summed E-state index contributed by atoms with van der Waals surface area (Å²) in [4.78, 5) is 25.6. The summed E-state index contributed by atoms with van der Waals surface area (Å²) in [5, 5.41) is 2.78. The van der Waals surface area contributed by atoms with Crippen molar-refractivity contribution < 1.29 is 9.59 Å². The monoisotopic (exact) mass is 238 g/mol. The largest absolute Gasteiger partial charge is 0.343 e. The van der Waals surface area contributed by atoms with Crippen LogP contribution in [0.1, 0.15) is 46.0 Å². The number of hydrogen-bond donors (Lipinski definition) is 1. The summed E-state index contributed by atoms with van der Waals surface area (Å²) < 4.78 is 0. The predicted octanol–water partition coefficient (Wildman–Crippen LogP) is 1.30. The maximum absolute atomic E-state index is 12.1. The van der Waals surface area contributed by atoms with E-state index in [-0.39, 0.29) is 23.9 Å². The molecule has 1 saturated carbocycles. The normalized spacial score (nSPS) is 29.4. The third-order valence-corrected chi connectivity index (χ3v) is 3.86. The van der Waals surface area contributed by atoms with Crippen molar-refractivity contribution in [3.8, 4) is 0 Å². The average molecular weight is 238 g/mol. The first kappa shape index (κ1) is 12.4. The molecule has 1 heterocycles. The number of piperazine rings is 1. The molecule has 0 spiro atoms. The van der Waals surface area contributed by atoms with Gasteiger partial charge in [0.25, 0.3) is 0 Å². The molecule has 1 N–H and O–H groups in total. The van der Waals surface area contributed by atoms with Gasteiger partial charge in [-0.25, -0.2) is 0 Å². The second-order valence-electron chi connectivity index (χ2n) is 5.26. The number of carbonyl (C=O) groups excluding carboxylic acids is 2. The first-order valence-electron chi connectivity index (χ1n) is 6.74. The highest BCUT2D eigenvalue weighted by molar-refractivity contribution is 5.96. The van der Waals surface area contributed by atoms with Crippen LogP contribution in [0.15, 0.2) is 0 Å². The molecule has 2 rings (SSSR count). The fourth-order valence-electron chi connectivity index (χ4n) is 2.42. The van der Waals surface area contributed by atoms with E-state index >= 15 is 0 Å². The van der Waals surface area contributed by atoms with E-state index in [4.69, 9.17) is 0 Å². The molecule has 2 unspecified atom stereocenters. The minimum atomic E-state index is -0.306. The highest BCUT2D eigenvalue weighted by Crippen LogP contribution is 2.33. The molecule has 2 amide bonds. The molecule has 1 aliphatic heterocycles. The van der Waals surface area contributed by atoms with E-state index in [1.165, 1.54) is 19.3 Å². The van der Waals surface area contributed by atoms with Gasteiger partial charge in [-0.05, 0) is 32.1 Å². The van der Waals surface area contributed by atoms with Crippen LogP contribution in [0, 0.1) is 5.92 Å². The van der Waals surface area contributed by atoms with Gasteiger partial charge in [0.15, 0.2) is 0 Å². The zero-order chi connectivity index (χ0) is 12.4. The van der Waals surface area contributed by atoms with Gasteiger partial charge in [-0.3, -0.25) is 9.59 Å². The molecule has 0 aromatic heterocycles. The van der Waals surface area contributed by atoms with Crippen LogP contribution in [0.4, 0.5) is 0 Å². The van der Waals surface area contributed by atoms with Crippen molar-refractivity contribution in [3.05, 3.63) is 0 Å². The molecule has 1 saturated heterocycles. The minimum absolute atomic E-state index is 0.0112. The molecule has 0 aromatic carbocycles. The summed E-state index contributed by atoms with van der Waals surface area (Å²) in [6.45, 7) is 4.48. The zero-order valence-corrected chi connectivity index (χ0v) is 10.7. The lowest BCUT2D eigenvalue weighted by atomic mass is 10.1. The Hall–Kier alpha value is -1.06. The van der Waals surface area contributed by atoms with Crippen LogP contribution in [-0.4, -0.2) is 35.3 Å². The molecule has 2 aliphatic rings. The van der Waals surface area contributed by atoms with Crippen molar-refractivity contribution >= 4 is 11.8 Å². The van der Waals surface area contributed by atoms with Crippen molar-refractivity contribution in [2.45, 2.75) is 58.0 Å². The Morgan fingerprint density at radius 2 is 2.06 bits per heavy atom. The standard InChI is InChI=1S/C13H22N2O2/c1-3-11-13(17)15(9(2)12(16)14-11)8-4-5-10-6-7-10/h9-11H,3-8H2,1-2H3,(H,14,16). The number of amides is 2. The molecule has 0 bridgehead atoms. The van der Waals surface area contributed by atoms with Gasteiger partial charge in [0.1, 0.15) is 12.1 Å². The maximum atomic E-state index is 12.1. The number of rotatable bonds is 5. The lowest BCUT2D eigenvalue weighted by Crippen LogP contribution is -2.62. The predicted molar refractivity (Wildman–Crippen MR) is 65.4 cm³/mol. The number of nitrogens with one attached hydrogen (secondary N) is 1. The van der Waals surface area contributed by atoms with Crippen LogP contribution in [-0.2, 0) is 9.59 Å². The van der Waals surface area contributed by atoms with Gasteiger partial charge in [-0.15, -0.1) is 0 Å². The summed E-state index contributed by atoms with van der Waals surface area (Å²) in [6, 6.07) is -0.607. The van der Waals surface area contributed by atoms with Crippen LogP contribution in [0.2, 0.25) is 0 Å². The second kappa shape index (κ2) is 5.07. The van der Waals surface area contributed by atoms with E-state index in [1.807, 2.05) is 13.8 Å². The van der Waals surface area contributed by atoms with Crippen molar-refractivity contribution in [3.63, 3.8) is 0 Å². The van der Waals surface area contributed by atoms with E-state index in [1.54, 1.807) is 4.90 Å². The third-order valence-electron chi connectivity index (χ3n) is 3.86. The summed E-state index contributed by atoms with van der Waals surface area (Å²) in [6.07, 6.45) is 5.61. The number of carbonyl (C=O) groups is 2. The van der Waals surface area contributed by atoms with Crippen LogP contribution in [0.25, 0.3) is 0 Å². The van der Waals surface area contributed by atoms with E-state index < -0.39 is 0 Å². The SMILES string of the molecule is CCC1NC(=O)C(C)N(CCCC2CC2)C1=O. The molecule has 17 heavy (non-hydrogen) atoms. The van der Waals surface area contributed by atoms with Crippen LogP contribution < -0.4 is 5.32 Å². The molecule has 2 fully saturated rings. The number of nitrogens with zero attached hydrogens (tertiary/aromatic N) is 1. The maximum Gasteiger partial charge on any atom is 0.245 e. The minimum Gasteiger partial charge on any atom is -0.343 e. The van der Waals surface area contributed by atoms with Gasteiger partial charge in [-0.2, -0.15) is 0 Å². The number of hydrogen-bond acceptors (Lipinski definition) is 2. The highest BCUT2D eigenvalue weighted by atomic mass is 16.2. The quantitative estimate of drug-likeness (QED) is 0.785. The second-order valence-corrected chi connectivity index (χ2v) is 5.26. The van der Waals surface area contributed by atoms with Crippen molar-refractivity contribution in [2.24, 2.45) is 5.92 Å². The third kappa shape index (κ3) is 2.79. The smallest absolute Gasteiger partial charge is 0.245 e. The van der Waals surface area contributed by atoms with Gasteiger partial charge in [-0.1, -0.05) is 19.8 Å². The Kier molecular flexibility index (Phi) is 3.69. The average Bonchev–Trinajstić information content (AvgIpc) is 3.12. The van der Waals surface area contributed by atoms with Gasteiger partial charge in [0.05, 0.1) is 0 Å². The molecule has 0 aromatic rings. The van der Waals surface area contributed by atoms with Gasteiger partial charge >= 0.3 is 0 Å². The molecule has 96 valence electrons. The van der Waals surface area contributed by atoms with Gasteiger partial charge in [0, 0.05) is 6.54 Å². The molecular weight excluding hydrogens is 216 g/mol. The van der Waals surface area contributed by atoms with E-state index in [0.29, 0.717) is 6.42 Å². The molecule has 0 radical (unpaired) electrons. The lowest BCUT2D eigenvalue weighted by Gasteiger charge is -2.37. The first-order valence-corrected chi connectivity index (χ1v) is 6.74. The summed E-state index contributed by atoms with van der Waals surface area (Å²) in [5.74, 6) is 0.972. The van der Waals surface area contributed by atoms with E-state index in [9.17, 15) is 9.59 Å². The molecule has 1 aliphatic carbocycles. The van der Waals surface area contributed by atoms with Gasteiger partial charge in [0.2, 0.25) is 11.8 Å². The van der Waals surface area contributed by atoms with Crippen molar-refractivity contribution in [1.82, 2.24) is 10.2 Å². The van der Waals surface area contributed by atoms with Crippen molar-refractivity contribution in [1.29, 1.82) is 0 Å². The summed E-state index contributed by atoms with van der Waals surface area (Å²) >= 11 is 0. The van der Waals surface area contributed by atoms with Crippen LogP contribution in [0.5, 0.6) is 0 Å². The van der Waals surface area contributed by atoms with E-state index in [2.05, 4.69) is 5.32 Å². The Morgan fingerprint density at radius 1 is 1.35 bits per heavy atom.